The molecule has 3 rings (SSSR count). The summed E-state index contributed by atoms with van der Waals surface area (Å²) in [5.74, 6) is 0. The van der Waals surface area contributed by atoms with Crippen LogP contribution in [0.15, 0.2) is 22.9 Å². The zero-order valence-electron chi connectivity index (χ0n) is 14.0. The Labute approximate surface area is 146 Å². The van der Waals surface area contributed by atoms with Crippen LogP contribution in [0.1, 0.15) is 33.6 Å². The van der Waals surface area contributed by atoms with Crippen molar-refractivity contribution < 1.29 is 9.53 Å². The van der Waals surface area contributed by atoms with Crippen molar-refractivity contribution in [1.82, 2.24) is 9.88 Å². The van der Waals surface area contributed by atoms with E-state index in [1.54, 1.807) is 0 Å². The van der Waals surface area contributed by atoms with E-state index in [2.05, 4.69) is 25.8 Å². The molecule has 0 radical (unpaired) electrons. The monoisotopic (exact) mass is 381 g/mol. The van der Waals surface area contributed by atoms with Crippen LogP contribution in [0.4, 0.5) is 10.5 Å². The summed E-state index contributed by atoms with van der Waals surface area (Å²) in [6, 6.07) is 2.05. The number of halogens is 1. The molecular formula is C17H24BrN3O2. The maximum absolute atomic E-state index is 12.3. The average molecular weight is 382 g/mol. The predicted octanol–water partition coefficient (Wildman–Crippen LogP) is 3.68. The third-order valence-electron chi connectivity index (χ3n) is 4.62. The quantitative estimate of drug-likeness (QED) is 0.744. The van der Waals surface area contributed by atoms with Crippen LogP contribution >= 0.6 is 15.9 Å². The van der Waals surface area contributed by atoms with E-state index in [-0.39, 0.29) is 11.5 Å². The van der Waals surface area contributed by atoms with Crippen molar-refractivity contribution in [3.05, 3.63) is 22.9 Å². The largest absolute Gasteiger partial charge is 0.444 e. The molecule has 2 aliphatic rings. The SMILES string of the molecule is CC(C)(C)OC(=O)N1CCC2(CCN(c3ccncc3Br)C2)C1. The second kappa shape index (κ2) is 5.96. The summed E-state index contributed by atoms with van der Waals surface area (Å²) < 4.78 is 6.54. The van der Waals surface area contributed by atoms with Crippen LogP contribution in [0, 0.1) is 5.41 Å². The molecule has 3 heterocycles. The minimum Gasteiger partial charge on any atom is -0.444 e. The van der Waals surface area contributed by atoms with Crippen LogP contribution in [0.25, 0.3) is 0 Å². The molecule has 5 nitrogen and oxygen atoms in total. The summed E-state index contributed by atoms with van der Waals surface area (Å²) in [5, 5.41) is 0. The first-order chi connectivity index (χ1) is 10.8. The molecule has 0 saturated carbocycles. The fraction of sp³-hybridized carbons (Fsp3) is 0.647. The van der Waals surface area contributed by atoms with Gasteiger partial charge < -0.3 is 14.5 Å². The van der Waals surface area contributed by atoms with Gasteiger partial charge in [0.1, 0.15) is 5.60 Å². The number of nitrogens with zero attached hydrogens (tertiary/aromatic N) is 3. The predicted molar refractivity (Wildman–Crippen MR) is 93.6 cm³/mol. The molecule has 2 fully saturated rings. The molecule has 126 valence electrons. The van der Waals surface area contributed by atoms with Gasteiger partial charge in [-0.15, -0.1) is 0 Å². The molecule has 0 aliphatic carbocycles. The van der Waals surface area contributed by atoms with Crippen molar-refractivity contribution in [3.8, 4) is 0 Å². The van der Waals surface area contributed by atoms with Gasteiger partial charge in [0.25, 0.3) is 0 Å². The van der Waals surface area contributed by atoms with Gasteiger partial charge >= 0.3 is 6.09 Å². The first kappa shape index (κ1) is 16.6. The van der Waals surface area contributed by atoms with Crippen LogP contribution in [-0.2, 0) is 4.74 Å². The standard InChI is InChI=1S/C17H24BrN3O2/c1-16(2,3)23-15(22)21-9-6-17(12-21)5-8-20(11-17)14-4-7-19-10-13(14)18/h4,7,10H,5-6,8-9,11-12H2,1-3H3. The fourth-order valence-corrected chi connectivity index (χ4v) is 4.02. The van der Waals surface area contributed by atoms with Crippen LogP contribution < -0.4 is 4.90 Å². The third kappa shape index (κ3) is 3.62. The Bertz CT molecular complexity index is 602. The molecule has 2 saturated heterocycles. The van der Waals surface area contributed by atoms with E-state index in [1.165, 1.54) is 5.69 Å². The first-order valence-electron chi connectivity index (χ1n) is 8.10. The van der Waals surface area contributed by atoms with Crippen molar-refractivity contribution in [3.63, 3.8) is 0 Å². The molecule has 0 N–H and O–H groups in total. The Morgan fingerprint density at radius 1 is 1.30 bits per heavy atom. The summed E-state index contributed by atoms with van der Waals surface area (Å²) in [5.41, 5.74) is 0.948. The molecule has 1 atom stereocenters. The van der Waals surface area contributed by atoms with Gasteiger partial charge in [-0.1, -0.05) is 0 Å². The molecule has 1 aromatic heterocycles. The number of likely N-dealkylation sites (tertiary alicyclic amines) is 1. The van der Waals surface area contributed by atoms with Crippen LogP contribution in [0.3, 0.4) is 0 Å². The molecule has 0 aromatic carbocycles. The van der Waals surface area contributed by atoms with Gasteiger partial charge in [0.2, 0.25) is 0 Å². The highest BCUT2D eigenvalue weighted by Gasteiger charge is 2.45. The zero-order valence-corrected chi connectivity index (χ0v) is 15.6. The molecule has 1 aromatic rings. The number of hydrogen-bond acceptors (Lipinski definition) is 4. The Hall–Kier alpha value is -1.30. The van der Waals surface area contributed by atoms with E-state index in [0.29, 0.717) is 0 Å². The molecule has 1 spiro atoms. The lowest BCUT2D eigenvalue weighted by molar-refractivity contribution is 0.0276. The Morgan fingerprint density at radius 2 is 2.04 bits per heavy atom. The highest BCUT2D eigenvalue weighted by atomic mass is 79.9. The van der Waals surface area contributed by atoms with Crippen molar-refractivity contribution in [2.45, 2.75) is 39.2 Å². The van der Waals surface area contributed by atoms with Crippen LogP contribution in [-0.4, -0.2) is 47.8 Å². The maximum Gasteiger partial charge on any atom is 0.410 e. The topological polar surface area (TPSA) is 45.7 Å². The Balaban J connectivity index is 1.65. The van der Waals surface area contributed by atoms with Crippen molar-refractivity contribution in [1.29, 1.82) is 0 Å². The lowest BCUT2D eigenvalue weighted by Crippen LogP contribution is -2.37. The summed E-state index contributed by atoms with van der Waals surface area (Å²) in [4.78, 5) is 20.7. The number of amides is 1. The molecule has 0 bridgehead atoms. The van der Waals surface area contributed by atoms with E-state index in [4.69, 9.17) is 4.74 Å². The summed E-state index contributed by atoms with van der Waals surface area (Å²) in [6.07, 6.45) is 5.64. The number of anilines is 1. The number of aromatic nitrogens is 1. The van der Waals surface area contributed by atoms with E-state index in [0.717, 1.165) is 43.5 Å². The van der Waals surface area contributed by atoms with Gasteiger partial charge in [0.05, 0.1) is 10.2 Å². The van der Waals surface area contributed by atoms with Crippen molar-refractivity contribution in [2.24, 2.45) is 5.41 Å². The molecule has 23 heavy (non-hydrogen) atoms. The first-order valence-corrected chi connectivity index (χ1v) is 8.90. The van der Waals surface area contributed by atoms with Crippen molar-refractivity contribution >= 4 is 27.7 Å². The lowest BCUT2D eigenvalue weighted by atomic mass is 9.86. The molecular weight excluding hydrogens is 358 g/mol. The van der Waals surface area contributed by atoms with Gasteiger partial charge in [0, 0.05) is 44.0 Å². The lowest BCUT2D eigenvalue weighted by Gasteiger charge is -2.27. The number of pyridine rings is 1. The van der Waals surface area contributed by atoms with Crippen LogP contribution in [0.2, 0.25) is 0 Å². The number of carbonyl (C=O) groups excluding carboxylic acids is 1. The molecule has 2 aliphatic heterocycles. The van der Waals surface area contributed by atoms with E-state index < -0.39 is 5.60 Å². The second-order valence-electron chi connectivity index (χ2n) is 7.65. The second-order valence-corrected chi connectivity index (χ2v) is 8.50. The molecule has 1 amide bonds. The van der Waals surface area contributed by atoms with E-state index in [1.807, 2.05) is 44.1 Å². The van der Waals surface area contributed by atoms with Gasteiger partial charge in [-0.2, -0.15) is 0 Å². The van der Waals surface area contributed by atoms with Gasteiger partial charge in [0.15, 0.2) is 0 Å². The maximum atomic E-state index is 12.3. The van der Waals surface area contributed by atoms with Gasteiger partial charge in [-0.25, -0.2) is 4.79 Å². The van der Waals surface area contributed by atoms with E-state index >= 15 is 0 Å². The summed E-state index contributed by atoms with van der Waals surface area (Å²) in [6.45, 7) is 9.32. The minimum atomic E-state index is -0.434. The number of carbonyl (C=O) groups is 1. The zero-order chi connectivity index (χ0) is 16.7. The highest BCUT2D eigenvalue weighted by molar-refractivity contribution is 9.10. The number of hydrogen-bond donors (Lipinski definition) is 0. The molecule has 1 unspecified atom stereocenters. The van der Waals surface area contributed by atoms with E-state index in [9.17, 15) is 4.79 Å². The minimum absolute atomic E-state index is 0.182. The smallest absolute Gasteiger partial charge is 0.410 e. The summed E-state index contributed by atoms with van der Waals surface area (Å²) >= 11 is 3.58. The number of ether oxygens (including phenoxy) is 1. The summed E-state index contributed by atoms with van der Waals surface area (Å²) in [7, 11) is 0. The Morgan fingerprint density at radius 3 is 2.74 bits per heavy atom. The highest BCUT2D eigenvalue weighted by Crippen LogP contribution is 2.42. The number of rotatable bonds is 1. The average Bonchev–Trinajstić information content (AvgIpc) is 3.06. The van der Waals surface area contributed by atoms with Gasteiger partial charge in [-0.3, -0.25) is 4.98 Å². The molecule has 6 heteroatoms. The fourth-order valence-electron chi connectivity index (χ4n) is 3.52. The van der Waals surface area contributed by atoms with Crippen LogP contribution in [0.5, 0.6) is 0 Å². The Kier molecular flexibility index (Phi) is 4.29. The normalized spacial score (nSPS) is 24.5. The van der Waals surface area contributed by atoms with Crippen molar-refractivity contribution in [2.75, 3.05) is 31.1 Å². The van der Waals surface area contributed by atoms with Gasteiger partial charge in [-0.05, 0) is 55.6 Å². The third-order valence-corrected chi connectivity index (χ3v) is 5.23.